The Balaban J connectivity index is 1.27. The van der Waals surface area contributed by atoms with Crippen LogP contribution in [0.4, 0.5) is 0 Å². The van der Waals surface area contributed by atoms with Crippen molar-refractivity contribution in [3.05, 3.63) is 11.8 Å². The van der Waals surface area contributed by atoms with Crippen molar-refractivity contribution in [1.82, 2.24) is 20.0 Å². The van der Waals surface area contributed by atoms with Crippen molar-refractivity contribution < 1.29 is 23.6 Å². The van der Waals surface area contributed by atoms with E-state index in [9.17, 15) is 19.2 Å². The van der Waals surface area contributed by atoms with E-state index >= 15 is 0 Å². The summed E-state index contributed by atoms with van der Waals surface area (Å²) in [5, 5.41) is 8.46. The Kier molecular flexibility index (Phi) is 7.29. The summed E-state index contributed by atoms with van der Waals surface area (Å²) in [6.45, 7) is 1.01. The molecule has 0 N–H and O–H groups in total. The van der Waals surface area contributed by atoms with Gasteiger partial charge in [0.15, 0.2) is 0 Å². The van der Waals surface area contributed by atoms with Crippen molar-refractivity contribution in [1.29, 1.82) is 0 Å². The number of hydrogen-bond donors (Lipinski definition) is 0. The third-order valence-electron chi connectivity index (χ3n) is 8.43. The highest BCUT2D eigenvalue weighted by atomic mass is 16.4. The Morgan fingerprint density at radius 3 is 1.37 bits per heavy atom. The maximum Gasteiger partial charge on any atom is 0.290 e. The minimum absolute atomic E-state index is 0.171. The molecule has 0 radical (unpaired) electrons. The summed E-state index contributed by atoms with van der Waals surface area (Å²) in [5.41, 5.74) is 0. The number of amides is 2. The van der Waals surface area contributed by atoms with Crippen LogP contribution in [0.1, 0.15) is 114 Å². The molecule has 3 heterocycles. The molecule has 190 valence electrons. The first-order valence-corrected chi connectivity index (χ1v) is 13.6. The largest absolute Gasteiger partial charge is 0.421 e. The van der Waals surface area contributed by atoms with Crippen LogP contribution >= 0.6 is 0 Å². The smallest absolute Gasteiger partial charge is 0.290 e. The molecule has 1 aromatic rings. The van der Waals surface area contributed by atoms with E-state index in [0.717, 1.165) is 77.0 Å². The molecule has 2 atom stereocenters. The van der Waals surface area contributed by atoms with Crippen LogP contribution in [0, 0.1) is 11.8 Å². The maximum atomic E-state index is 13.1. The zero-order valence-electron chi connectivity index (χ0n) is 20.5. The lowest BCUT2D eigenvalue weighted by atomic mass is 9.86. The van der Waals surface area contributed by atoms with Gasteiger partial charge >= 0.3 is 0 Å². The lowest BCUT2D eigenvalue weighted by Gasteiger charge is -2.26. The molecule has 0 bridgehead atoms. The molecule has 9 heteroatoms. The van der Waals surface area contributed by atoms with E-state index in [1.54, 1.807) is 9.80 Å². The molecule has 9 nitrogen and oxygen atoms in total. The normalized spacial score (nSPS) is 26.3. The number of nitrogens with zero attached hydrogens (tertiary/aromatic N) is 4. The minimum atomic E-state index is -0.435. The summed E-state index contributed by atoms with van der Waals surface area (Å²) in [4.78, 5) is 55.0. The van der Waals surface area contributed by atoms with Crippen molar-refractivity contribution in [3.8, 4) is 0 Å². The third kappa shape index (κ3) is 4.91. The van der Waals surface area contributed by atoms with Crippen LogP contribution in [0.2, 0.25) is 0 Å². The monoisotopic (exact) mass is 484 g/mol. The molecular weight excluding hydrogens is 448 g/mol. The van der Waals surface area contributed by atoms with Crippen molar-refractivity contribution in [2.45, 2.75) is 102 Å². The summed E-state index contributed by atoms with van der Waals surface area (Å²) in [7, 11) is 0. The van der Waals surface area contributed by atoms with Crippen LogP contribution in [0.5, 0.6) is 0 Å². The van der Waals surface area contributed by atoms with Gasteiger partial charge in [0, 0.05) is 24.9 Å². The number of Topliss-reactive ketones (excluding diaryl/α,β-unsaturated/α-hetero) is 2. The highest BCUT2D eigenvalue weighted by molar-refractivity contribution is 6.37. The highest BCUT2D eigenvalue weighted by Gasteiger charge is 2.42. The molecule has 2 aliphatic carbocycles. The van der Waals surface area contributed by atoms with Gasteiger partial charge in [-0.2, -0.15) is 0 Å². The van der Waals surface area contributed by atoms with Gasteiger partial charge in [-0.3, -0.25) is 19.2 Å². The van der Waals surface area contributed by atoms with Gasteiger partial charge < -0.3 is 14.2 Å². The fraction of sp³-hybridized carbons (Fsp3) is 0.769. The molecule has 1 aromatic heterocycles. The molecule has 2 saturated heterocycles. The second-order valence-corrected chi connectivity index (χ2v) is 10.7. The van der Waals surface area contributed by atoms with E-state index in [0.29, 0.717) is 37.7 Å². The molecule has 5 rings (SSSR count). The summed E-state index contributed by atoms with van der Waals surface area (Å²) < 4.78 is 6.03. The number of carbonyl (C=O) groups excluding carboxylic acids is 4. The number of carbonyl (C=O) groups is 4. The number of aromatic nitrogens is 2. The van der Waals surface area contributed by atoms with Gasteiger partial charge in [-0.1, -0.05) is 38.5 Å². The number of ketones is 2. The number of hydrogen-bond acceptors (Lipinski definition) is 7. The molecule has 0 spiro atoms. The minimum Gasteiger partial charge on any atom is -0.421 e. The first-order chi connectivity index (χ1) is 17.0. The van der Waals surface area contributed by atoms with E-state index in [4.69, 9.17) is 4.42 Å². The van der Waals surface area contributed by atoms with Gasteiger partial charge in [0.2, 0.25) is 23.3 Å². The first kappa shape index (κ1) is 24.1. The molecule has 35 heavy (non-hydrogen) atoms. The van der Waals surface area contributed by atoms with Crippen LogP contribution in [-0.2, 0) is 19.2 Å². The van der Waals surface area contributed by atoms with Crippen molar-refractivity contribution >= 4 is 23.4 Å². The van der Waals surface area contributed by atoms with Gasteiger partial charge in [-0.05, 0) is 51.4 Å². The Morgan fingerprint density at radius 1 is 0.571 bits per heavy atom. The average Bonchev–Trinajstić information content (AvgIpc) is 3.68. The predicted octanol–water partition coefficient (Wildman–Crippen LogP) is 3.70. The fourth-order valence-electron chi connectivity index (χ4n) is 6.41. The van der Waals surface area contributed by atoms with Gasteiger partial charge in [0.1, 0.15) is 12.1 Å². The molecule has 2 aliphatic heterocycles. The second kappa shape index (κ2) is 10.6. The average molecular weight is 485 g/mol. The van der Waals surface area contributed by atoms with E-state index in [-0.39, 0.29) is 23.4 Å². The SMILES string of the molecule is O=C(C(=O)N1CCCC1c1nnc([C@@H]2CCCN2C(=O)C(=O)C2CCCCC2)o1)C1CCCCC1. The van der Waals surface area contributed by atoms with Crippen LogP contribution in [0.25, 0.3) is 0 Å². The zero-order chi connectivity index (χ0) is 24.4. The van der Waals surface area contributed by atoms with Crippen LogP contribution < -0.4 is 0 Å². The van der Waals surface area contributed by atoms with Crippen molar-refractivity contribution in [3.63, 3.8) is 0 Å². The summed E-state index contributed by atoms with van der Waals surface area (Å²) in [5.74, 6) is -1.15. The predicted molar refractivity (Wildman–Crippen MR) is 125 cm³/mol. The van der Waals surface area contributed by atoms with Crippen LogP contribution in [0.15, 0.2) is 4.42 Å². The third-order valence-corrected chi connectivity index (χ3v) is 8.43. The molecule has 2 amide bonds. The number of rotatable bonds is 6. The lowest BCUT2D eigenvalue weighted by molar-refractivity contribution is -0.148. The molecular formula is C26H36N4O5. The molecule has 2 saturated carbocycles. The quantitative estimate of drug-likeness (QED) is 0.566. The van der Waals surface area contributed by atoms with Crippen molar-refractivity contribution in [2.24, 2.45) is 11.8 Å². The first-order valence-electron chi connectivity index (χ1n) is 13.6. The van der Waals surface area contributed by atoms with E-state index in [1.807, 2.05) is 0 Å². The molecule has 1 unspecified atom stereocenters. The summed E-state index contributed by atoms with van der Waals surface area (Å²) in [6, 6.07) is -0.823. The van der Waals surface area contributed by atoms with Gasteiger partial charge in [0.25, 0.3) is 11.8 Å². The van der Waals surface area contributed by atoms with Gasteiger partial charge in [-0.15, -0.1) is 10.2 Å². The van der Waals surface area contributed by atoms with E-state index in [1.165, 1.54) is 0 Å². The summed E-state index contributed by atoms with van der Waals surface area (Å²) in [6.07, 6.45) is 12.3. The fourth-order valence-corrected chi connectivity index (χ4v) is 6.41. The Labute approximate surface area is 206 Å². The molecule has 0 aromatic carbocycles. The van der Waals surface area contributed by atoms with E-state index in [2.05, 4.69) is 10.2 Å². The highest BCUT2D eigenvalue weighted by Crippen LogP contribution is 2.37. The number of likely N-dealkylation sites (tertiary alicyclic amines) is 2. The second-order valence-electron chi connectivity index (χ2n) is 10.7. The lowest BCUT2D eigenvalue weighted by Crippen LogP contribution is -2.40. The zero-order valence-corrected chi connectivity index (χ0v) is 20.5. The Morgan fingerprint density at radius 2 is 0.971 bits per heavy atom. The Hall–Kier alpha value is -2.58. The summed E-state index contributed by atoms with van der Waals surface area (Å²) >= 11 is 0. The Bertz CT molecular complexity index is 888. The van der Waals surface area contributed by atoms with Crippen LogP contribution in [0.3, 0.4) is 0 Å². The standard InChI is InChI=1S/C26H36N4O5/c31-21(17-9-3-1-4-10-17)25(33)29-15-7-13-19(29)23-27-28-24(35-23)20-14-8-16-30(20)26(34)22(32)18-11-5-2-6-12-18/h17-20H,1-16H2/t19-,20?/m0/s1. The maximum absolute atomic E-state index is 13.1. The van der Waals surface area contributed by atoms with Crippen molar-refractivity contribution in [2.75, 3.05) is 13.1 Å². The molecule has 4 aliphatic rings. The van der Waals surface area contributed by atoms with E-state index < -0.39 is 23.9 Å². The molecule has 4 fully saturated rings. The van der Waals surface area contributed by atoms with Gasteiger partial charge in [-0.25, -0.2) is 0 Å². The van der Waals surface area contributed by atoms with Crippen LogP contribution in [-0.4, -0.2) is 56.5 Å². The topological polar surface area (TPSA) is 114 Å². The van der Waals surface area contributed by atoms with Gasteiger partial charge in [0.05, 0.1) is 0 Å².